The number of benzene rings is 1. The van der Waals surface area contributed by atoms with E-state index in [-0.39, 0.29) is 0 Å². The van der Waals surface area contributed by atoms with Gasteiger partial charge >= 0.3 is 0 Å². The highest BCUT2D eigenvalue weighted by atomic mass is 35.5. The van der Waals surface area contributed by atoms with Gasteiger partial charge in [0.2, 0.25) is 0 Å². The molecule has 2 N–H and O–H groups in total. The number of ether oxygens (including phenoxy) is 2. The quantitative estimate of drug-likeness (QED) is 0.847. The molecule has 0 unspecified atom stereocenters. The van der Waals surface area contributed by atoms with E-state index in [1.165, 1.54) is 0 Å². The summed E-state index contributed by atoms with van der Waals surface area (Å²) in [5, 5.41) is 6.97. The Bertz CT molecular complexity index is 620. The normalized spacial score (nSPS) is 10.1. The maximum atomic E-state index is 6.16. The third-order valence-corrected chi connectivity index (χ3v) is 3.17. The van der Waals surface area contributed by atoms with Crippen LogP contribution in [0.2, 0.25) is 5.02 Å². The summed E-state index contributed by atoms with van der Waals surface area (Å²) in [6.45, 7) is 2.87. The molecule has 2 rings (SSSR count). The van der Waals surface area contributed by atoms with Crippen LogP contribution in [0.4, 0.5) is 17.1 Å². The van der Waals surface area contributed by atoms with E-state index in [2.05, 4.69) is 15.6 Å². The Morgan fingerprint density at radius 1 is 1.05 bits per heavy atom. The summed E-state index contributed by atoms with van der Waals surface area (Å²) >= 11 is 6.16. The molecule has 0 bridgehead atoms. The van der Waals surface area contributed by atoms with Crippen molar-refractivity contribution < 1.29 is 9.47 Å². The van der Waals surface area contributed by atoms with Crippen molar-refractivity contribution in [2.24, 2.45) is 0 Å². The van der Waals surface area contributed by atoms with E-state index < -0.39 is 0 Å². The minimum atomic E-state index is 0.511. The average molecular weight is 308 g/mol. The van der Waals surface area contributed by atoms with Gasteiger partial charge in [0.1, 0.15) is 11.5 Å². The zero-order valence-electron chi connectivity index (χ0n) is 12.2. The van der Waals surface area contributed by atoms with E-state index in [0.717, 1.165) is 23.6 Å². The molecule has 0 aliphatic rings. The zero-order valence-corrected chi connectivity index (χ0v) is 13.0. The summed E-state index contributed by atoms with van der Waals surface area (Å²) in [5.41, 5.74) is 2.54. The Kier molecular flexibility index (Phi) is 5.11. The first-order valence-electron chi connectivity index (χ1n) is 6.55. The molecule has 5 nitrogen and oxygen atoms in total. The van der Waals surface area contributed by atoms with Crippen LogP contribution in [0.5, 0.6) is 11.5 Å². The second-order valence-electron chi connectivity index (χ2n) is 4.30. The molecule has 0 saturated carbocycles. The van der Waals surface area contributed by atoms with E-state index in [0.29, 0.717) is 16.5 Å². The Morgan fingerprint density at radius 2 is 1.76 bits per heavy atom. The summed E-state index contributed by atoms with van der Waals surface area (Å²) in [7, 11) is 3.17. The first kappa shape index (κ1) is 15.3. The molecule has 1 aromatic carbocycles. The van der Waals surface area contributed by atoms with Crippen LogP contribution in [0.3, 0.4) is 0 Å². The third-order valence-electron chi connectivity index (χ3n) is 2.87. The van der Waals surface area contributed by atoms with Gasteiger partial charge in [0.05, 0.1) is 48.7 Å². The standard InChI is InChI=1S/C15H18ClN3O2/c1-4-18-10-5-11(9-17-8-10)19-13-6-12(16)14(20-2)7-15(13)21-3/h5-9,18-19H,4H2,1-3H3. The molecule has 112 valence electrons. The first-order chi connectivity index (χ1) is 10.2. The van der Waals surface area contributed by atoms with Crippen LogP contribution in [-0.4, -0.2) is 25.7 Å². The molecular formula is C15H18ClN3O2. The van der Waals surface area contributed by atoms with Crippen LogP contribution < -0.4 is 20.1 Å². The highest BCUT2D eigenvalue weighted by Crippen LogP contribution is 2.37. The van der Waals surface area contributed by atoms with Gasteiger partial charge in [-0.25, -0.2) is 0 Å². The Balaban J connectivity index is 2.30. The SMILES string of the molecule is CCNc1cncc(Nc2cc(Cl)c(OC)cc2OC)c1. The van der Waals surface area contributed by atoms with Crippen LogP contribution in [0, 0.1) is 0 Å². The molecule has 0 atom stereocenters. The molecule has 0 aliphatic heterocycles. The number of nitrogens with one attached hydrogen (secondary N) is 2. The number of rotatable bonds is 6. The summed E-state index contributed by atoms with van der Waals surface area (Å²) in [4.78, 5) is 4.19. The number of pyridine rings is 1. The smallest absolute Gasteiger partial charge is 0.146 e. The number of halogens is 1. The Morgan fingerprint density at radius 3 is 2.43 bits per heavy atom. The Labute approximate surface area is 129 Å². The zero-order chi connectivity index (χ0) is 15.2. The lowest BCUT2D eigenvalue weighted by molar-refractivity contribution is 0.396. The lowest BCUT2D eigenvalue weighted by atomic mass is 10.2. The summed E-state index contributed by atoms with van der Waals surface area (Å²) in [6.07, 6.45) is 3.51. The summed E-state index contributed by atoms with van der Waals surface area (Å²) in [6, 6.07) is 5.47. The highest BCUT2D eigenvalue weighted by Gasteiger charge is 2.10. The van der Waals surface area contributed by atoms with Gasteiger partial charge in [0.25, 0.3) is 0 Å². The fraction of sp³-hybridized carbons (Fsp3) is 0.267. The fourth-order valence-electron chi connectivity index (χ4n) is 1.92. The number of anilines is 3. The number of nitrogens with zero attached hydrogens (tertiary/aromatic N) is 1. The lowest BCUT2D eigenvalue weighted by Gasteiger charge is -2.14. The maximum absolute atomic E-state index is 6.16. The fourth-order valence-corrected chi connectivity index (χ4v) is 2.16. The Hall–Kier alpha value is -2.14. The van der Waals surface area contributed by atoms with Gasteiger partial charge in [-0.05, 0) is 19.1 Å². The van der Waals surface area contributed by atoms with Crippen LogP contribution in [-0.2, 0) is 0 Å². The van der Waals surface area contributed by atoms with Crippen molar-refractivity contribution >= 4 is 28.7 Å². The monoisotopic (exact) mass is 307 g/mol. The van der Waals surface area contributed by atoms with Gasteiger partial charge in [0, 0.05) is 12.6 Å². The van der Waals surface area contributed by atoms with Gasteiger partial charge in [-0.15, -0.1) is 0 Å². The molecule has 0 radical (unpaired) electrons. The number of methoxy groups -OCH3 is 2. The summed E-state index contributed by atoms with van der Waals surface area (Å²) in [5.74, 6) is 1.21. The van der Waals surface area contributed by atoms with E-state index in [4.69, 9.17) is 21.1 Å². The van der Waals surface area contributed by atoms with Crippen LogP contribution in [0.1, 0.15) is 6.92 Å². The minimum Gasteiger partial charge on any atom is -0.495 e. The van der Waals surface area contributed by atoms with Crippen molar-refractivity contribution in [2.75, 3.05) is 31.4 Å². The molecule has 0 aliphatic carbocycles. The molecule has 0 saturated heterocycles. The molecule has 0 spiro atoms. The predicted octanol–water partition coefficient (Wildman–Crippen LogP) is 3.93. The van der Waals surface area contributed by atoms with Gasteiger partial charge in [0.15, 0.2) is 0 Å². The molecule has 1 aromatic heterocycles. The van der Waals surface area contributed by atoms with Crippen molar-refractivity contribution in [2.45, 2.75) is 6.92 Å². The van der Waals surface area contributed by atoms with Crippen LogP contribution >= 0.6 is 11.6 Å². The third kappa shape index (κ3) is 3.70. The topological polar surface area (TPSA) is 55.4 Å². The molecule has 6 heteroatoms. The number of aromatic nitrogens is 1. The van der Waals surface area contributed by atoms with Crippen molar-refractivity contribution in [3.8, 4) is 11.5 Å². The van der Waals surface area contributed by atoms with Crippen molar-refractivity contribution in [1.82, 2.24) is 4.98 Å². The van der Waals surface area contributed by atoms with Crippen molar-refractivity contribution in [3.63, 3.8) is 0 Å². The van der Waals surface area contributed by atoms with E-state index >= 15 is 0 Å². The first-order valence-corrected chi connectivity index (χ1v) is 6.93. The van der Waals surface area contributed by atoms with Crippen molar-refractivity contribution in [1.29, 1.82) is 0 Å². The molecule has 21 heavy (non-hydrogen) atoms. The summed E-state index contributed by atoms with van der Waals surface area (Å²) < 4.78 is 10.5. The largest absolute Gasteiger partial charge is 0.495 e. The van der Waals surface area contributed by atoms with Gasteiger partial charge in [-0.3, -0.25) is 4.98 Å². The molecule has 2 aromatic rings. The highest BCUT2D eigenvalue weighted by molar-refractivity contribution is 6.32. The second-order valence-corrected chi connectivity index (χ2v) is 4.71. The van der Waals surface area contributed by atoms with Crippen LogP contribution in [0.25, 0.3) is 0 Å². The van der Waals surface area contributed by atoms with E-state index in [1.807, 2.05) is 13.0 Å². The van der Waals surface area contributed by atoms with Gasteiger partial charge < -0.3 is 20.1 Å². The maximum Gasteiger partial charge on any atom is 0.146 e. The lowest BCUT2D eigenvalue weighted by Crippen LogP contribution is -2.00. The number of hydrogen-bond donors (Lipinski definition) is 2. The van der Waals surface area contributed by atoms with Gasteiger partial charge in [-0.1, -0.05) is 11.6 Å². The molecule has 0 amide bonds. The van der Waals surface area contributed by atoms with E-state index in [1.54, 1.807) is 38.7 Å². The molecular weight excluding hydrogens is 290 g/mol. The van der Waals surface area contributed by atoms with Crippen molar-refractivity contribution in [3.05, 3.63) is 35.6 Å². The van der Waals surface area contributed by atoms with E-state index in [9.17, 15) is 0 Å². The second kappa shape index (κ2) is 7.04. The van der Waals surface area contributed by atoms with Crippen LogP contribution in [0.15, 0.2) is 30.6 Å². The average Bonchev–Trinajstić information content (AvgIpc) is 2.48. The molecule has 1 heterocycles. The minimum absolute atomic E-state index is 0.511. The molecule has 0 fully saturated rings. The van der Waals surface area contributed by atoms with Gasteiger partial charge in [-0.2, -0.15) is 0 Å². The number of hydrogen-bond acceptors (Lipinski definition) is 5. The predicted molar refractivity (Wildman–Crippen MR) is 86.2 cm³/mol.